The van der Waals surface area contributed by atoms with Gasteiger partial charge in [-0.15, -0.1) is 6.42 Å². The fraction of sp³-hybridized carbons (Fsp3) is 0.423. The zero-order valence-electron chi connectivity index (χ0n) is 17.7. The molecule has 2 unspecified atom stereocenters. The van der Waals surface area contributed by atoms with E-state index in [1.165, 1.54) is 5.56 Å². The number of terminal acetylenes is 1. The average molecular weight is 390 g/mol. The molecular formula is C26H31NO2. The zero-order valence-corrected chi connectivity index (χ0v) is 17.7. The number of ketones is 1. The van der Waals surface area contributed by atoms with Crippen molar-refractivity contribution in [1.82, 2.24) is 4.90 Å². The van der Waals surface area contributed by atoms with E-state index in [0.717, 1.165) is 29.7 Å². The number of Topliss-reactive ketones (excluding diaryl/α,β-unsaturated/α-hetero) is 1. The van der Waals surface area contributed by atoms with E-state index in [9.17, 15) is 4.79 Å². The van der Waals surface area contributed by atoms with Gasteiger partial charge in [-0.2, -0.15) is 0 Å². The molecule has 3 heteroatoms. The van der Waals surface area contributed by atoms with Crippen LogP contribution in [0.2, 0.25) is 0 Å². The molecule has 3 nitrogen and oxygen atoms in total. The lowest BCUT2D eigenvalue weighted by molar-refractivity contribution is -0.125. The summed E-state index contributed by atoms with van der Waals surface area (Å²) in [6.07, 6.45) is 7.83. The second kappa shape index (κ2) is 9.76. The molecule has 0 aromatic heterocycles. The lowest BCUT2D eigenvalue weighted by atomic mass is 9.79. The first kappa shape index (κ1) is 21.1. The zero-order chi connectivity index (χ0) is 20.8. The van der Waals surface area contributed by atoms with E-state index in [1.807, 2.05) is 38.1 Å². The first-order valence-corrected chi connectivity index (χ1v) is 10.6. The summed E-state index contributed by atoms with van der Waals surface area (Å²) in [4.78, 5) is 15.8. The summed E-state index contributed by atoms with van der Waals surface area (Å²) in [5, 5.41) is 0. The summed E-state index contributed by atoms with van der Waals surface area (Å²) in [6, 6.07) is 16.4. The number of hydrogen-bond donors (Lipinski definition) is 0. The molecule has 29 heavy (non-hydrogen) atoms. The predicted octanol–water partition coefficient (Wildman–Crippen LogP) is 4.81. The molecule has 0 N–H and O–H groups in total. The summed E-state index contributed by atoms with van der Waals surface area (Å²) in [7, 11) is 0. The molecule has 1 heterocycles. The van der Waals surface area contributed by atoms with E-state index in [0.29, 0.717) is 19.6 Å². The molecule has 0 amide bonds. The molecule has 1 aliphatic heterocycles. The van der Waals surface area contributed by atoms with Crippen LogP contribution in [0.25, 0.3) is 0 Å². The van der Waals surface area contributed by atoms with Crippen LogP contribution in [-0.2, 0) is 11.2 Å². The van der Waals surface area contributed by atoms with Crippen molar-refractivity contribution in [2.45, 2.75) is 51.6 Å². The lowest BCUT2D eigenvalue weighted by Crippen LogP contribution is -2.44. The fourth-order valence-electron chi connectivity index (χ4n) is 4.14. The van der Waals surface area contributed by atoms with Crippen LogP contribution in [-0.4, -0.2) is 36.4 Å². The summed E-state index contributed by atoms with van der Waals surface area (Å²) in [6.45, 7) is 8.07. The van der Waals surface area contributed by atoms with Gasteiger partial charge >= 0.3 is 0 Å². The number of rotatable bonds is 7. The molecule has 0 saturated carbocycles. The molecule has 0 spiro atoms. The highest BCUT2D eigenvalue weighted by molar-refractivity contribution is 5.93. The summed E-state index contributed by atoms with van der Waals surface area (Å²) in [5.41, 5.74) is 3.39. The van der Waals surface area contributed by atoms with Gasteiger partial charge in [-0.1, -0.05) is 55.7 Å². The molecule has 1 saturated heterocycles. The molecule has 152 valence electrons. The van der Waals surface area contributed by atoms with Crippen molar-refractivity contribution in [2.24, 2.45) is 0 Å². The quantitative estimate of drug-likeness (QED) is 0.637. The minimum Gasteiger partial charge on any atom is -0.491 e. The Balaban J connectivity index is 1.93. The highest BCUT2D eigenvalue weighted by Crippen LogP contribution is 2.34. The van der Waals surface area contributed by atoms with Gasteiger partial charge in [-0.3, -0.25) is 9.69 Å². The maximum Gasteiger partial charge on any atom is 0.150 e. The van der Waals surface area contributed by atoms with Gasteiger partial charge < -0.3 is 4.74 Å². The molecule has 1 aliphatic rings. The number of ether oxygens (including phenoxy) is 1. The van der Waals surface area contributed by atoms with Gasteiger partial charge in [0.05, 0.1) is 24.5 Å². The van der Waals surface area contributed by atoms with Crippen LogP contribution in [0.15, 0.2) is 48.5 Å². The number of piperidine rings is 1. The Morgan fingerprint density at radius 3 is 2.38 bits per heavy atom. The first-order chi connectivity index (χ1) is 14.0. The maximum absolute atomic E-state index is 13.6. The van der Waals surface area contributed by atoms with Crippen LogP contribution < -0.4 is 4.74 Å². The van der Waals surface area contributed by atoms with Crippen LogP contribution in [0.4, 0.5) is 0 Å². The number of likely N-dealkylation sites (tertiary alicyclic amines) is 1. The monoisotopic (exact) mass is 389 g/mol. The second-order valence-corrected chi connectivity index (χ2v) is 8.14. The molecule has 0 radical (unpaired) electrons. The van der Waals surface area contributed by atoms with Gasteiger partial charge in [0, 0.05) is 13.1 Å². The molecule has 1 fully saturated rings. The Morgan fingerprint density at radius 1 is 1.10 bits per heavy atom. The maximum atomic E-state index is 13.6. The van der Waals surface area contributed by atoms with Crippen LogP contribution >= 0.6 is 0 Å². The van der Waals surface area contributed by atoms with Crippen molar-refractivity contribution >= 4 is 5.78 Å². The topological polar surface area (TPSA) is 29.5 Å². The summed E-state index contributed by atoms with van der Waals surface area (Å²) < 4.78 is 5.85. The van der Waals surface area contributed by atoms with Gasteiger partial charge in [0.15, 0.2) is 0 Å². The molecular weight excluding hydrogens is 358 g/mol. The van der Waals surface area contributed by atoms with Gasteiger partial charge in [0.1, 0.15) is 11.5 Å². The Bertz CT molecular complexity index is 880. The van der Waals surface area contributed by atoms with E-state index < -0.39 is 0 Å². The minimum absolute atomic E-state index is 0.0966. The van der Waals surface area contributed by atoms with Gasteiger partial charge in [-0.05, 0) is 49.1 Å². The van der Waals surface area contributed by atoms with Crippen LogP contribution in [0.3, 0.4) is 0 Å². The van der Waals surface area contributed by atoms with E-state index in [-0.39, 0.29) is 23.7 Å². The van der Waals surface area contributed by atoms with E-state index in [2.05, 4.69) is 42.0 Å². The third-order valence-corrected chi connectivity index (χ3v) is 5.41. The number of nitrogens with zero attached hydrogens (tertiary/aromatic N) is 1. The van der Waals surface area contributed by atoms with Crippen molar-refractivity contribution in [1.29, 1.82) is 0 Å². The Labute approximate surface area is 175 Å². The van der Waals surface area contributed by atoms with Gasteiger partial charge in [0.25, 0.3) is 0 Å². The first-order valence-electron chi connectivity index (χ1n) is 10.6. The van der Waals surface area contributed by atoms with Crippen molar-refractivity contribution in [3.63, 3.8) is 0 Å². The Morgan fingerprint density at radius 2 is 1.76 bits per heavy atom. The van der Waals surface area contributed by atoms with Gasteiger partial charge in [-0.25, -0.2) is 0 Å². The Hall–Kier alpha value is -2.57. The summed E-state index contributed by atoms with van der Waals surface area (Å²) >= 11 is 0. The summed E-state index contributed by atoms with van der Waals surface area (Å²) in [5.74, 6) is 3.47. The van der Waals surface area contributed by atoms with Crippen LogP contribution in [0.1, 0.15) is 55.7 Å². The highest BCUT2D eigenvalue weighted by Gasteiger charge is 2.36. The van der Waals surface area contributed by atoms with Gasteiger partial charge in [0.2, 0.25) is 0 Å². The third kappa shape index (κ3) is 5.28. The van der Waals surface area contributed by atoms with E-state index in [1.54, 1.807) is 0 Å². The predicted molar refractivity (Wildman–Crippen MR) is 118 cm³/mol. The van der Waals surface area contributed by atoms with E-state index in [4.69, 9.17) is 11.2 Å². The van der Waals surface area contributed by atoms with Crippen molar-refractivity contribution in [3.8, 4) is 18.1 Å². The second-order valence-electron chi connectivity index (χ2n) is 8.14. The highest BCUT2D eigenvalue weighted by atomic mass is 16.5. The van der Waals surface area contributed by atoms with E-state index >= 15 is 0 Å². The van der Waals surface area contributed by atoms with Crippen LogP contribution in [0.5, 0.6) is 5.75 Å². The number of benzene rings is 2. The average Bonchev–Trinajstić information content (AvgIpc) is 2.69. The fourth-order valence-corrected chi connectivity index (χ4v) is 4.14. The number of carbonyl (C=O) groups is 1. The Kier molecular flexibility index (Phi) is 7.12. The van der Waals surface area contributed by atoms with Crippen molar-refractivity contribution < 1.29 is 9.53 Å². The lowest BCUT2D eigenvalue weighted by Gasteiger charge is -2.36. The molecule has 2 aromatic carbocycles. The molecule has 0 aliphatic carbocycles. The number of carbonyl (C=O) groups excluding carboxylic acids is 1. The molecule has 0 bridgehead atoms. The minimum atomic E-state index is -0.201. The number of hydrogen-bond acceptors (Lipinski definition) is 3. The van der Waals surface area contributed by atoms with Crippen molar-refractivity contribution in [3.05, 3.63) is 65.2 Å². The SMILES string of the molecule is C#CCN1CC(c2cccc(CCC)c2)C(=O)C(c2cccc(OC(C)C)c2)C1. The van der Waals surface area contributed by atoms with Crippen molar-refractivity contribution in [2.75, 3.05) is 19.6 Å². The largest absolute Gasteiger partial charge is 0.491 e. The standard InChI is InChI=1S/C26H31NO2/c1-5-9-20-10-7-11-21(15-20)24-17-27(14-6-2)18-25(26(24)28)22-12-8-13-23(16-22)29-19(3)4/h2,7-8,10-13,15-16,19,24-25H,5,9,14,17-18H2,1,3-4H3. The third-order valence-electron chi connectivity index (χ3n) is 5.41. The molecule has 2 aromatic rings. The van der Waals surface area contributed by atoms with Crippen LogP contribution in [0, 0.1) is 12.3 Å². The smallest absolute Gasteiger partial charge is 0.150 e. The molecule has 3 rings (SSSR count). The number of aryl methyl sites for hydroxylation is 1. The molecule has 2 atom stereocenters. The normalized spacial score (nSPS) is 19.9.